The predicted octanol–water partition coefficient (Wildman–Crippen LogP) is 2.90. The van der Waals surface area contributed by atoms with Crippen molar-refractivity contribution < 1.29 is 4.42 Å². The van der Waals surface area contributed by atoms with Gasteiger partial charge >= 0.3 is 11.3 Å². The van der Waals surface area contributed by atoms with E-state index >= 15 is 0 Å². The van der Waals surface area contributed by atoms with Gasteiger partial charge in [0, 0.05) is 0 Å². The van der Waals surface area contributed by atoms with Crippen molar-refractivity contribution in [1.82, 2.24) is 0 Å². The molecular weight excluding hydrogens is 240 g/mol. The van der Waals surface area contributed by atoms with Crippen LogP contribution in [0.4, 0.5) is 0 Å². The monoisotopic (exact) mass is 248 g/mol. The molecule has 0 unspecified atom stereocenters. The first-order valence-electron chi connectivity index (χ1n) is 5.96. The van der Waals surface area contributed by atoms with E-state index < -0.39 is 11.3 Å². The molecule has 3 nitrogen and oxygen atoms in total. The van der Waals surface area contributed by atoms with Gasteiger partial charge in [0.05, 0.1) is 10.8 Å². The molecule has 19 heavy (non-hydrogen) atoms. The molecule has 2 bridgehead atoms. The maximum Gasteiger partial charge on any atom is 0.346 e. The van der Waals surface area contributed by atoms with E-state index in [1.807, 2.05) is 36.4 Å². The SMILES string of the molecule is O=c1oc(=O)c2ccc1c1cc3ccccc3cc21. The number of rotatable bonds is 0. The lowest BCUT2D eigenvalue weighted by molar-refractivity contribution is 0.492. The largest absolute Gasteiger partial charge is 0.386 e. The molecule has 3 aromatic carbocycles. The summed E-state index contributed by atoms with van der Waals surface area (Å²) in [5.41, 5.74) is -1.16. The molecule has 0 N–H and O–H groups in total. The number of benzene rings is 3. The molecule has 0 spiro atoms. The Kier molecular flexibility index (Phi) is 1.85. The van der Waals surface area contributed by atoms with E-state index in [-0.39, 0.29) is 0 Å². The summed E-state index contributed by atoms with van der Waals surface area (Å²) in [6.45, 7) is 0. The Morgan fingerprint density at radius 3 is 1.58 bits per heavy atom. The molecule has 3 heteroatoms. The van der Waals surface area contributed by atoms with Crippen molar-refractivity contribution in [1.29, 1.82) is 0 Å². The standard InChI is InChI=1S/C16H8O3/c17-15-11-5-6-12(16(18)19-15)14-8-10-4-2-1-3-9(10)7-13(11)14/h1-8H. The fourth-order valence-electron chi connectivity index (χ4n) is 2.58. The van der Waals surface area contributed by atoms with Gasteiger partial charge in [-0.25, -0.2) is 9.59 Å². The van der Waals surface area contributed by atoms with Gasteiger partial charge < -0.3 is 4.42 Å². The van der Waals surface area contributed by atoms with E-state index in [4.69, 9.17) is 4.42 Å². The van der Waals surface area contributed by atoms with Crippen molar-refractivity contribution in [2.45, 2.75) is 0 Å². The smallest absolute Gasteiger partial charge is 0.346 e. The summed E-state index contributed by atoms with van der Waals surface area (Å²) in [6.07, 6.45) is 0. The lowest BCUT2D eigenvalue weighted by Gasteiger charge is -2.02. The van der Waals surface area contributed by atoms with Crippen LogP contribution in [0.1, 0.15) is 0 Å². The molecule has 0 amide bonds. The maximum atomic E-state index is 11.8. The molecule has 0 saturated carbocycles. The van der Waals surface area contributed by atoms with Gasteiger partial charge in [0.2, 0.25) is 0 Å². The van der Waals surface area contributed by atoms with Gasteiger partial charge in [-0.3, -0.25) is 0 Å². The van der Waals surface area contributed by atoms with Crippen molar-refractivity contribution in [2.24, 2.45) is 0 Å². The Morgan fingerprint density at radius 2 is 1.11 bits per heavy atom. The van der Waals surface area contributed by atoms with E-state index in [1.165, 1.54) is 0 Å². The van der Waals surface area contributed by atoms with Gasteiger partial charge in [0.25, 0.3) is 0 Å². The molecule has 2 heterocycles. The van der Waals surface area contributed by atoms with Crippen molar-refractivity contribution in [3.63, 3.8) is 0 Å². The Balaban J connectivity index is 2.46. The minimum absolute atomic E-state index is 0.440. The normalized spacial score (nSPS) is 11.6. The van der Waals surface area contributed by atoms with Crippen molar-refractivity contribution in [3.05, 3.63) is 69.4 Å². The van der Waals surface area contributed by atoms with Gasteiger partial charge in [-0.15, -0.1) is 0 Å². The quantitative estimate of drug-likeness (QED) is 0.449. The summed E-state index contributed by atoms with van der Waals surface area (Å²) in [6, 6.07) is 15.0. The fourth-order valence-corrected chi connectivity index (χ4v) is 2.58. The number of fused-ring (bicyclic) bond motifs is 4. The molecule has 0 saturated heterocycles. The van der Waals surface area contributed by atoms with Crippen LogP contribution in [0.5, 0.6) is 0 Å². The predicted molar refractivity (Wildman–Crippen MR) is 75.0 cm³/mol. The van der Waals surface area contributed by atoms with Crippen LogP contribution in [0.25, 0.3) is 32.3 Å². The summed E-state index contributed by atoms with van der Waals surface area (Å²) in [4.78, 5) is 23.7. The Labute approximate surface area is 107 Å². The van der Waals surface area contributed by atoms with Gasteiger partial charge in [0.1, 0.15) is 0 Å². The Morgan fingerprint density at radius 1 is 0.632 bits per heavy atom. The van der Waals surface area contributed by atoms with E-state index in [0.29, 0.717) is 10.8 Å². The first kappa shape index (κ1) is 10.3. The highest BCUT2D eigenvalue weighted by Gasteiger charge is 2.10. The molecule has 5 aromatic rings. The van der Waals surface area contributed by atoms with E-state index in [0.717, 1.165) is 21.5 Å². The summed E-state index contributed by atoms with van der Waals surface area (Å²) in [7, 11) is 0. The molecule has 0 aliphatic carbocycles. The van der Waals surface area contributed by atoms with Crippen LogP contribution < -0.4 is 11.3 Å². The zero-order valence-electron chi connectivity index (χ0n) is 9.84. The van der Waals surface area contributed by atoms with Crippen LogP contribution in [0.3, 0.4) is 0 Å². The van der Waals surface area contributed by atoms with Crippen LogP contribution in [-0.2, 0) is 0 Å². The second-order valence-corrected chi connectivity index (χ2v) is 4.58. The summed E-state index contributed by atoms with van der Waals surface area (Å²) < 4.78 is 4.79. The van der Waals surface area contributed by atoms with Crippen LogP contribution in [-0.4, -0.2) is 0 Å². The van der Waals surface area contributed by atoms with Crippen molar-refractivity contribution >= 4 is 32.3 Å². The second kappa shape index (κ2) is 3.42. The third-order valence-corrected chi connectivity index (χ3v) is 3.51. The molecule has 0 aliphatic rings. The van der Waals surface area contributed by atoms with Gasteiger partial charge in [-0.05, 0) is 45.8 Å². The molecule has 0 atom stereocenters. The summed E-state index contributed by atoms with van der Waals surface area (Å²) in [5, 5.41) is 4.50. The molecule has 0 fully saturated rings. The van der Waals surface area contributed by atoms with Crippen LogP contribution in [0.2, 0.25) is 0 Å². The third-order valence-electron chi connectivity index (χ3n) is 3.51. The average molecular weight is 248 g/mol. The number of hydrogen-bond donors (Lipinski definition) is 0. The maximum absolute atomic E-state index is 11.8. The Bertz CT molecular complexity index is 961. The van der Waals surface area contributed by atoms with Gasteiger partial charge in [-0.2, -0.15) is 0 Å². The van der Waals surface area contributed by atoms with Crippen molar-refractivity contribution in [3.8, 4) is 0 Å². The highest BCUT2D eigenvalue weighted by molar-refractivity contribution is 6.12. The third kappa shape index (κ3) is 1.32. The average Bonchev–Trinajstić information content (AvgIpc) is 2.62. The summed E-state index contributed by atoms with van der Waals surface area (Å²) >= 11 is 0. The zero-order valence-corrected chi connectivity index (χ0v) is 9.84. The lowest BCUT2D eigenvalue weighted by Crippen LogP contribution is -2.02. The van der Waals surface area contributed by atoms with Gasteiger partial charge in [-0.1, -0.05) is 24.3 Å². The lowest BCUT2D eigenvalue weighted by atomic mass is 10.00. The Hall–Kier alpha value is -2.68. The van der Waals surface area contributed by atoms with Crippen LogP contribution >= 0.6 is 0 Å². The molecule has 5 rings (SSSR count). The van der Waals surface area contributed by atoms with E-state index in [9.17, 15) is 9.59 Å². The molecule has 0 aliphatic heterocycles. The first-order chi connectivity index (χ1) is 9.24. The van der Waals surface area contributed by atoms with E-state index in [2.05, 4.69) is 0 Å². The molecular formula is C16H8O3. The summed E-state index contributed by atoms with van der Waals surface area (Å²) in [5.74, 6) is 0. The molecule has 90 valence electrons. The van der Waals surface area contributed by atoms with Crippen LogP contribution in [0.15, 0.2) is 62.5 Å². The fraction of sp³-hybridized carbons (Fsp3) is 0. The highest BCUT2D eigenvalue weighted by atomic mass is 16.4. The van der Waals surface area contributed by atoms with Crippen LogP contribution in [0, 0.1) is 0 Å². The van der Waals surface area contributed by atoms with Gasteiger partial charge in [0.15, 0.2) is 0 Å². The minimum atomic E-state index is -0.578. The minimum Gasteiger partial charge on any atom is -0.386 e. The topological polar surface area (TPSA) is 47.3 Å². The molecule has 0 radical (unpaired) electrons. The number of hydrogen-bond acceptors (Lipinski definition) is 3. The van der Waals surface area contributed by atoms with Crippen molar-refractivity contribution in [2.75, 3.05) is 0 Å². The molecule has 2 aromatic heterocycles. The highest BCUT2D eigenvalue weighted by Crippen LogP contribution is 2.27. The zero-order chi connectivity index (χ0) is 13.0. The van der Waals surface area contributed by atoms with E-state index in [1.54, 1.807) is 12.1 Å². The first-order valence-corrected chi connectivity index (χ1v) is 5.96. The second-order valence-electron chi connectivity index (χ2n) is 4.58.